The lowest BCUT2D eigenvalue weighted by Crippen LogP contribution is -2.31. The third-order valence-corrected chi connectivity index (χ3v) is 4.91. The average molecular weight is 307 g/mol. The summed E-state index contributed by atoms with van der Waals surface area (Å²) in [6.07, 6.45) is 3.87. The SMILES string of the molecule is CC(C)=CCN(CC=C(C)C)S(=O)(=O)c1ccc(C)cc1. The molecule has 0 aliphatic rings. The maximum atomic E-state index is 12.7. The second-order valence-corrected chi connectivity index (χ2v) is 7.64. The number of aryl methyl sites for hydroxylation is 1. The van der Waals surface area contributed by atoms with Gasteiger partial charge in [0.25, 0.3) is 0 Å². The van der Waals surface area contributed by atoms with Gasteiger partial charge >= 0.3 is 0 Å². The third kappa shape index (κ3) is 5.48. The minimum atomic E-state index is -3.46. The van der Waals surface area contributed by atoms with Gasteiger partial charge in [-0.1, -0.05) is 41.0 Å². The largest absolute Gasteiger partial charge is 0.243 e. The van der Waals surface area contributed by atoms with Gasteiger partial charge in [0.05, 0.1) is 4.90 Å². The minimum absolute atomic E-state index is 0.345. The Morgan fingerprint density at radius 2 is 1.38 bits per heavy atom. The second-order valence-electron chi connectivity index (χ2n) is 5.70. The first-order valence-electron chi connectivity index (χ1n) is 7.07. The lowest BCUT2D eigenvalue weighted by Gasteiger charge is -2.20. The molecule has 4 heteroatoms. The van der Waals surface area contributed by atoms with Crippen molar-refractivity contribution in [1.82, 2.24) is 4.31 Å². The Balaban J connectivity index is 3.12. The molecule has 0 spiro atoms. The Morgan fingerprint density at radius 1 is 0.952 bits per heavy atom. The molecule has 0 aliphatic carbocycles. The number of rotatable bonds is 6. The van der Waals surface area contributed by atoms with E-state index in [1.807, 2.05) is 58.9 Å². The molecule has 0 fully saturated rings. The number of sulfonamides is 1. The van der Waals surface area contributed by atoms with Crippen molar-refractivity contribution in [2.45, 2.75) is 39.5 Å². The van der Waals surface area contributed by atoms with Crippen LogP contribution in [0.5, 0.6) is 0 Å². The summed E-state index contributed by atoms with van der Waals surface area (Å²) in [7, 11) is -3.46. The van der Waals surface area contributed by atoms with Crippen LogP contribution in [0.15, 0.2) is 52.5 Å². The minimum Gasteiger partial charge on any atom is -0.207 e. The molecule has 0 aromatic heterocycles. The highest BCUT2D eigenvalue weighted by Gasteiger charge is 2.22. The van der Waals surface area contributed by atoms with Crippen LogP contribution >= 0.6 is 0 Å². The highest BCUT2D eigenvalue weighted by Crippen LogP contribution is 2.17. The van der Waals surface area contributed by atoms with Crippen LogP contribution in [0.2, 0.25) is 0 Å². The number of hydrogen-bond donors (Lipinski definition) is 0. The van der Waals surface area contributed by atoms with E-state index in [0.717, 1.165) is 16.7 Å². The fourth-order valence-electron chi connectivity index (χ4n) is 1.70. The van der Waals surface area contributed by atoms with Gasteiger partial charge in [0.15, 0.2) is 0 Å². The van der Waals surface area contributed by atoms with Gasteiger partial charge < -0.3 is 0 Å². The van der Waals surface area contributed by atoms with E-state index in [4.69, 9.17) is 0 Å². The fourth-order valence-corrected chi connectivity index (χ4v) is 3.02. The van der Waals surface area contributed by atoms with Gasteiger partial charge in [-0.3, -0.25) is 0 Å². The molecule has 0 amide bonds. The number of hydrogen-bond acceptors (Lipinski definition) is 2. The molecule has 0 saturated carbocycles. The van der Waals surface area contributed by atoms with E-state index in [1.165, 1.54) is 4.31 Å². The zero-order valence-electron chi connectivity index (χ0n) is 13.6. The number of nitrogens with zero attached hydrogens (tertiary/aromatic N) is 1. The predicted molar refractivity (Wildman–Crippen MR) is 88.8 cm³/mol. The molecule has 0 atom stereocenters. The molecule has 0 saturated heterocycles. The average Bonchev–Trinajstić information content (AvgIpc) is 2.38. The van der Waals surface area contributed by atoms with Crippen LogP contribution in [-0.2, 0) is 10.0 Å². The second kappa shape index (κ2) is 7.57. The van der Waals surface area contributed by atoms with Crippen molar-refractivity contribution >= 4 is 10.0 Å². The molecule has 0 radical (unpaired) electrons. The molecular formula is C17H25NO2S. The number of benzene rings is 1. The number of allylic oxidation sites excluding steroid dienone is 2. The highest BCUT2D eigenvalue weighted by molar-refractivity contribution is 7.89. The van der Waals surface area contributed by atoms with Gasteiger partial charge in [-0.05, 0) is 46.8 Å². The van der Waals surface area contributed by atoms with Crippen molar-refractivity contribution in [2.75, 3.05) is 13.1 Å². The van der Waals surface area contributed by atoms with Crippen molar-refractivity contribution in [3.05, 3.63) is 53.1 Å². The maximum absolute atomic E-state index is 12.7. The first kappa shape index (κ1) is 17.7. The molecule has 0 bridgehead atoms. The van der Waals surface area contributed by atoms with Crippen molar-refractivity contribution in [3.63, 3.8) is 0 Å². The molecule has 21 heavy (non-hydrogen) atoms. The Bertz CT molecular complexity index is 597. The normalized spacial score (nSPS) is 11.3. The van der Waals surface area contributed by atoms with Gasteiger partial charge in [0, 0.05) is 13.1 Å². The molecule has 3 nitrogen and oxygen atoms in total. The van der Waals surface area contributed by atoms with E-state index in [9.17, 15) is 8.42 Å². The van der Waals surface area contributed by atoms with Crippen molar-refractivity contribution in [1.29, 1.82) is 0 Å². The molecule has 0 heterocycles. The van der Waals surface area contributed by atoms with Crippen LogP contribution in [-0.4, -0.2) is 25.8 Å². The zero-order valence-corrected chi connectivity index (χ0v) is 14.4. The summed E-state index contributed by atoms with van der Waals surface area (Å²) in [6, 6.07) is 6.99. The van der Waals surface area contributed by atoms with Crippen molar-refractivity contribution in [3.8, 4) is 0 Å². The van der Waals surface area contributed by atoms with Gasteiger partial charge in [-0.2, -0.15) is 4.31 Å². The third-order valence-electron chi connectivity index (χ3n) is 3.07. The van der Waals surface area contributed by atoms with Gasteiger partial charge in [0.1, 0.15) is 0 Å². The van der Waals surface area contributed by atoms with Crippen LogP contribution < -0.4 is 0 Å². The maximum Gasteiger partial charge on any atom is 0.243 e. The van der Waals surface area contributed by atoms with Gasteiger partial charge in [-0.25, -0.2) is 8.42 Å². The van der Waals surface area contributed by atoms with Crippen LogP contribution in [0.4, 0.5) is 0 Å². The lowest BCUT2D eigenvalue weighted by atomic mass is 10.2. The van der Waals surface area contributed by atoms with Crippen LogP contribution in [0.3, 0.4) is 0 Å². The first-order chi connectivity index (χ1) is 9.73. The molecule has 0 unspecified atom stereocenters. The molecule has 1 rings (SSSR count). The Hall–Kier alpha value is -1.39. The molecule has 1 aromatic carbocycles. The molecule has 1 aromatic rings. The van der Waals surface area contributed by atoms with E-state index >= 15 is 0 Å². The predicted octanol–water partition coefficient (Wildman–Crippen LogP) is 3.92. The van der Waals surface area contributed by atoms with Crippen LogP contribution in [0.1, 0.15) is 33.3 Å². The Morgan fingerprint density at radius 3 is 1.76 bits per heavy atom. The summed E-state index contributed by atoms with van der Waals surface area (Å²) in [4.78, 5) is 0.345. The summed E-state index contributed by atoms with van der Waals surface area (Å²) >= 11 is 0. The molecular weight excluding hydrogens is 282 g/mol. The standard InChI is InChI=1S/C17H25NO2S/c1-14(2)10-12-18(13-11-15(3)4)21(19,20)17-8-6-16(5)7-9-17/h6-11H,12-13H2,1-5H3. The van der Waals surface area contributed by atoms with E-state index in [1.54, 1.807) is 12.1 Å². The van der Waals surface area contributed by atoms with E-state index in [2.05, 4.69) is 0 Å². The van der Waals surface area contributed by atoms with Crippen LogP contribution in [0.25, 0.3) is 0 Å². The monoisotopic (exact) mass is 307 g/mol. The molecule has 0 N–H and O–H groups in total. The van der Waals surface area contributed by atoms with Crippen LogP contribution in [0, 0.1) is 6.92 Å². The molecule has 116 valence electrons. The summed E-state index contributed by atoms with van der Waals surface area (Å²) < 4.78 is 27.0. The summed E-state index contributed by atoms with van der Waals surface area (Å²) in [5.74, 6) is 0. The van der Waals surface area contributed by atoms with E-state index in [-0.39, 0.29) is 0 Å². The smallest absolute Gasteiger partial charge is 0.207 e. The summed E-state index contributed by atoms with van der Waals surface area (Å²) in [6.45, 7) is 10.6. The highest BCUT2D eigenvalue weighted by atomic mass is 32.2. The Labute approximate surface area is 129 Å². The summed E-state index contributed by atoms with van der Waals surface area (Å²) in [5.41, 5.74) is 3.27. The van der Waals surface area contributed by atoms with Gasteiger partial charge in [0.2, 0.25) is 10.0 Å². The quantitative estimate of drug-likeness (QED) is 0.747. The fraction of sp³-hybridized carbons (Fsp3) is 0.412. The topological polar surface area (TPSA) is 37.4 Å². The Kier molecular flexibility index (Phi) is 6.37. The van der Waals surface area contributed by atoms with E-state index in [0.29, 0.717) is 18.0 Å². The van der Waals surface area contributed by atoms with Crippen molar-refractivity contribution < 1.29 is 8.42 Å². The lowest BCUT2D eigenvalue weighted by molar-refractivity contribution is 0.472. The van der Waals surface area contributed by atoms with Gasteiger partial charge in [-0.15, -0.1) is 0 Å². The van der Waals surface area contributed by atoms with Crippen molar-refractivity contribution in [2.24, 2.45) is 0 Å². The zero-order chi connectivity index (χ0) is 16.0. The summed E-state index contributed by atoms with van der Waals surface area (Å²) in [5, 5.41) is 0. The first-order valence-corrected chi connectivity index (χ1v) is 8.51. The van der Waals surface area contributed by atoms with E-state index < -0.39 is 10.0 Å². The molecule has 0 aliphatic heterocycles.